The second-order valence-electron chi connectivity index (χ2n) is 6.43. The third-order valence-corrected chi connectivity index (χ3v) is 4.22. The van der Waals surface area contributed by atoms with Crippen LogP contribution in [-0.2, 0) is 19.3 Å². The normalized spacial score (nSPS) is 10.8. The highest BCUT2D eigenvalue weighted by atomic mass is 19.1. The van der Waals surface area contributed by atoms with Crippen molar-refractivity contribution in [2.24, 2.45) is 0 Å². The lowest BCUT2D eigenvalue weighted by Gasteiger charge is -2.08. The van der Waals surface area contributed by atoms with Crippen LogP contribution in [0.3, 0.4) is 0 Å². The van der Waals surface area contributed by atoms with Crippen molar-refractivity contribution in [3.8, 4) is 5.75 Å². The first-order valence-corrected chi connectivity index (χ1v) is 9.44. The summed E-state index contributed by atoms with van der Waals surface area (Å²) in [6.45, 7) is 4.85. The number of benzene rings is 1. The summed E-state index contributed by atoms with van der Waals surface area (Å²) >= 11 is 0. The summed E-state index contributed by atoms with van der Waals surface area (Å²) in [5, 5.41) is 0. The lowest BCUT2D eigenvalue weighted by atomic mass is 10.1. The van der Waals surface area contributed by atoms with Gasteiger partial charge >= 0.3 is 0 Å². The van der Waals surface area contributed by atoms with Crippen LogP contribution in [0, 0.1) is 5.82 Å². The first kappa shape index (κ1) is 19.4. The van der Waals surface area contributed by atoms with Gasteiger partial charge in [-0.05, 0) is 48.9 Å². The van der Waals surface area contributed by atoms with Crippen molar-refractivity contribution >= 4 is 0 Å². The minimum atomic E-state index is -0.291. The number of aromatic nitrogens is 2. The summed E-state index contributed by atoms with van der Waals surface area (Å²) in [6, 6.07) is 5.20. The second-order valence-corrected chi connectivity index (χ2v) is 6.43. The predicted octanol–water partition coefficient (Wildman–Crippen LogP) is 5.31. The summed E-state index contributed by atoms with van der Waals surface area (Å²) in [6.07, 6.45) is 11.9. The van der Waals surface area contributed by atoms with Crippen molar-refractivity contribution in [2.75, 3.05) is 6.61 Å². The number of halogens is 1. The highest BCUT2D eigenvalue weighted by molar-refractivity contribution is 5.29. The zero-order valence-electron chi connectivity index (χ0n) is 15.4. The minimum absolute atomic E-state index is 0.291. The third kappa shape index (κ3) is 6.81. The largest absolute Gasteiger partial charge is 0.491 e. The molecule has 0 bridgehead atoms. The molecule has 0 saturated heterocycles. The molecule has 0 aliphatic carbocycles. The molecule has 1 heterocycles. The van der Waals surface area contributed by atoms with Crippen LogP contribution >= 0.6 is 0 Å². The van der Waals surface area contributed by atoms with Gasteiger partial charge in [0.05, 0.1) is 6.61 Å². The molecule has 0 aliphatic heterocycles. The van der Waals surface area contributed by atoms with E-state index in [4.69, 9.17) is 4.74 Å². The number of hydrogen-bond acceptors (Lipinski definition) is 3. The van der Waals surface area contributed by atoms with E-state index in [0.717, 1.165) is 37.1 Å². The molecular weight excluding hydrogens is 315 g/mol. The molecule has 1 aromatic carbocycles. The third-order valence-electron chi connectivity index (χ3n) is 4.22. The quantitative estimate of drug-likeness (QED) is 0.518. The number of hydrogen-bond donors (Lipinski definition) is 0. The van der Waals surface area contributed by atoms with E-state index < -0.39 is 0 Å². The van der Waals surface area contributed by atoms with E-state index in [-0.39, 0.29) is 5.82 Å². The summed E-state index contributed by atoms with van der Waals surface area (Å²) in [7, 11) is 0. The molecule has 0 amide bonds. The van der Waals surface area contributed by atoms with Crippen LogP contribution in [0.4, 0.5) is 4.39 Å². The topological polar surface area (TPSA) is 35.0 Å². The molecule has 3 nitrogen and oxygen atoms in total. The maximum absolute atomic E-state index is 14.0. The molecule has 0 saturated carbocycles. The van der Waals surface area contributed by atoms with Crippen molar-refractivity contribution < 1.29 is 9.13 Å². The van der Waals surface area contributed by atoms with Crippen molar-refractivity contribution in [3.05, 3.63) is 53.4 Å². The van der Waals surface area contributed by atoms with E-state index in [1.165, 1.54) is 24.8 Å². The average Bonchev–Trinajstić information content (AvgIpc) is 2.63. The molecule has 4 heteroatoms. The molecule has 2 aromatic rings. The standard InChI is InChI=1S/C21H29FN2O/c1-3-5-7-8-18-15-23-21(24-16-18)12-10-17-9-11-20(19(22)14-17)25-13-6-4-2/h9,11,14-16H,3-8,10,12-13H2,1-2H3. The first-order valence-electron chi connectivity index (χ1n) is 9.44. The zero-order chi connectivity index (χ0) is 17.9. The average molecular weight is 344 g/mol. The maximum Gasteiger partial charge on any atom is 0.165 e. The maximum atomic E-state index is 14.0. The monoisotopic (exact) mass is 344 g/mol. The molecule has 2 rings (SSSR count). The van der Waals surface area contributed by atoms with Crippen LogP contribution in [0.2, 0.25) is 0 Å². The van der Waals surface area contributed by atoms with E-state index in [1.807, 2.05) is 18.5 Å². The van der Waals surface area contributed by atoms with Gasteiger partial charge in [0.2, 0.25) is 0 Å². The van der Waals surface area contributed by atoms with E-state index >= 15 is 0 Å². The molecule has 0 spiro atoms. The van der Waals surface area contributed by atoms with Crippen molar-refractivity contribution in [1.29, 1.82) is 0 Å². The van der Waals surface area contributed by atoms with Crippen LogP contribution in [-0.4, -0.2) is 16.6 Å². The summed E-state index contributed by atoms with van der Waals surface area (Å²) < 4.78 is 19.5. The lowest BCUT2D eigenvalue weighted by molar-refractivity contribution is 0.294. The van der Waals surface area contributed by atoms with Crippen molar-refractivity contribution in [1.82, 2.24) is 9.97 Å². The molecule has 0 fully saturated rings. The Kier molecular flexibility index (Phi) is 8.36. The van der Waals surface area contributed by atoms with Crippen LogP contribution in [0.25, 0.3) is 0 Å². The number of rotatable bonds is 11. The molecule has 0 N–H and O–H groups in total. The fraction of sp³-hybridized carbons (Fsp3) is 0.524. The Morgan fingerprint density at radius 3 is 2.32 bits per heavy atom. The molecule has 0 radical (unpaired) electrons. The Labute approximate surface area is 150 Å². The lowest BCUT2D eigenvalue weighted by Crippen LogP contribution is -2.01. The van der Waals surface area contributed by atoms with Crippen LogP contribution in [0.1, 0.15) is 62.9 Å². The van der Waals surface area contributed by atoms with Gasteiger partial charge in [-0.15, -0.1) is 0 Å². The molecule has 136 valence electrons. The number of unbranched alkanes of at least 4 members (excludes halogenated alkanes) is 3. The number of nitrogens with zero attached hydrogens (tertiary/aromatic N) is 2. The van der Waals surface area contributed by atoms with Crippen LogP contribution in [0.15, 0.2) is 30.6 Å². The van der Waals surface area contributed by atoms with Crippen LogP contribution < -0.4 is 4.74 Å². The minimum Gasteiger partial charge on any atom is -0.491 e. The fourth-order valence-electron chi connectivity index (χ4n) is 2.62. The van der Waals surface area contributed by atoms with Crippen molar-refractivity contribution in [3.63, 3.8) is 0 Å². The van der Waals surface area contributed by atoms with Gasteiger partial charge < -0.3 is 4.74 Å². The highest BCUT2D eigenvalue weighted by Crippen LogP contribution is 2.19. The van der Waals surface area contributed by atoms with Crippen molar-refractivity contribution in [2.45, 2.75) is 65.2 Å². The summed E-state index contributed by atoms with van der Waals surface area (Å²) in [5.41, 5.74) is 2.13. The van der Waals surface area contributed by atoms with Gasteiger partial charge in [0.1, 0.15) is 5.82 Å². The highest BCUT2D eigenvalue weighted by Gasteiger charge is 2.06. The Hall–Kier alpha value is -1.97. The molecule has 0 atom stereocenters. The summed E-state index contributed by atoms with van der Waals surface area (Å²) in [4.78, 5) is 8.87. The van der Waals surface area contributed by atoms with E-state index in [0.29, 0.717) is 18.8 Å². The second kappa shape index (κ2) is 10.8. The first-order chi connectivity index (χ1) is 12.2. The smallest absolute Gasteiger partial charge is 0.165 e. The van der Waals surface area contributed by atoms with Gasteiger partial charge in [-0.3, -0.25) is 0 Å². The van der Waals surface area contributed by atoms with Gasteiger partial charge in [0.25, 0.3) is 0 Å². The van der Waals surface area contributed by atoms with E-state index in [1.54, 1.807) is 12.1 Å². The molecule has 0 aliphatic rings. The van der Waals surface area contributed by atoms with E-state index in [9.17, 15) is 4.39 Å². The Morgan fingerprint density at radius 2 is 1.64 bits per heavy atom. The Balaban J connectivity index is 1.83. The zero-order valence-corrected chi connectivity index (χ0v) is 15.4. The fourth-order valence-corrected chi connectivity index (χ4v) is 2.62. The predicted molar refractivity (Wildman–Crippen MR) is 99.5 cm³/mol. The molecule has 1 aromatic heterocycles. The molecule has 0 unspecified atom stereocenters. The van der Waals surface area contributed by atoms with Gasteiger partial charge in [0.15, 0.2) is 11.6 Å². The van der Waals surface area contributed by atoms with Gasteiger partial charge in [-0.2, -0.15) is 0 Å². The van der Waals surface area contributed by atoms with E-state index in [2.05, 4.69) is 23.8 Å². The van der Waals surface area contributed by atoms with Gasteiger partial charge in [-0.1, -0.05) is 39.2 Å². The van der Waals surface area contributed by atoms with Gasteiger partial charge in [0, 0.05) is 18.8 Å². The summed E-state index contributed by atoms with van der Waals surface area (Å²) in [5.74, 6) is 0.855. The molecular formula is C21H29FN2O. The number of aryl methyl sites for hydroxylation is 3. The number of ether oxygens (including phenoxy) is 1. The van der Waals surface area contributed by atoms with Gasteiger partial charge in [-0.25, -0.2) is 14.4 Å². The molecule has 25 heavy (non-hydrogen) atoms. The Bertz CT molecular complexity index is 628. The van der Waals surface area contributed by atoms with Crippen LogP contribution in [0.5, 0.6) is 5.75 Å². The Morgan fingerprint density at radius 1 is 0.880 bits per heavy atom. The SMILES string of the molecule is CCCCCc1cnc(CCc2ccc(OCCCC)c(F)c2)nc1.